The number of urea groups is 1. The molecule has 0 aliphatic heterocycles. The number of hydrogen-bond acceptors (Lipinski definition) is 3. The molecule has 6 nitrogen and oxygen atoms in total. The fraction of sp³-hybridized carbons (Fsp3) is 0.111. The summed E-state index contributed by atoms with van der Waals surface area (Å²) >= 11 is 0. The number of rotatable bonds is 4. The highest BCUT2D eigenvalue weighted by atomic mass is 16.5. The normalized spacial score (nSPS) is 9.33. The highest BCUT2D eigenvalue weighted by Crippen LogP contribution is 2.08. The highest BCUT2D eigenvalue weighted by molar-refractivity contribution is 5.87. The van der Waals surface area contributed by atoms with Gasteiger partial charge in [0, 0.05) is 11.3 Å². The molecule has 0 fully saturated rings. The SMILES string of the molecule is NC(=O)Nc1ccc(C#CCNC(=O)OCc2ccccc2)cc1. The van der Waals surface area contributed by atoms with E-state index in [-0.39, 0.29) is 13.2 Å². The van der Waals surface area contributed by atoms with Crippen molar-refractivity contribution in [1.29, 1.82) is 0 Å². The molecule has 0 saturated carbocycles. The first-order valence-electron chi connectivity index (χ1n) is 7.23. The fourth-order valence-electron chi connectivity index (χ4n) is 1.82. The van der Waals surface area contributed by atoms with Gasteiger partial charge in [-0.1, -0.05) is 42.2 Å². The van der Waals surface area contributed by atoms with Crippen LogP contribution in [-0.2, 0) is 11.3 Å². The lowest BCUT2D eigenvalue weighted by molar-refractivity contribution is 0.141. The van der Waals surface area contributed by atoms with Crippen LogP contribution < -0.4 is 16.4 Å². The van der Waals surface area contributed by atoms with Crippen LogP contribution in [0.4, 0.5) is 15.3 Å². The average Bonchev–Trinajstić information content (AvgIpc) is 2.59. The summed E-state index contributed by atoms with van der Waals surface area (Å²) in [6.45, 7) is 0.392. The second-order valence-electron chi connectivity index (χ2n) is 4.78. The molecule has 0 unspecified atom stereocenters. The molecule has 3 amide bonds. The zero-order valence-corrected chi connectivity index (χ0v) is 12.9. The molecule has 0 aromatic heterocycles. The molecule has 4 N–H and O–H groups in total. The molecule has 122 valence electrons. The molecule has 0 atom stereocenters. The van der Waals surface area contributed by atoms with Gasteiger partial charge in [0.15, 0.2) is 0 Å². The van der Waals surface area contributed by atoms with E-state index in [9.17, 15) is 9.59 Å². The number of ether oxygens (including phenoxy) is 1. The Hall–Kier alpha value is -3.46. The van der Waals surface area contributed by atoms with E-state index in [0.29, 0.717) is 5.69 Å². The van der Waals surface area contributed by atoms with E-state index in [4.69, 9.17) is 10.5 Å². The molecule has 24 heavy (non-hydrogen) atoms. The van der Waals surface area contributed by atoms with Gasteiger partial charge in [-0.25, -0.2) is 9.59 Å². The molecule has 0 bridgehead atoms. The first-order chi connectivity index (χ1) is 11.6. The summed E-state index contributed by atoms with van der Waals surface area (Å²) < 4.78 is 5.06. The maximum atomic E-state index is 11.5. The number of primary amides is 1. The number of carbonyl (C=O) groups excluding carboxylic acids is 2. The third kappa shape index (κ3) is 6.12. The van der Waals surface area contributed by atoms with E-state index in [1.807, 2.05) is 30.3 Å². The van der Waals surface area contributed by atoms with Gasteiger partial charge in [0.25, 0.3) is 0 Å². The molecule has 0 radical (unpaired) electrons. The second kappa shape index (κ2) is 8.86. The van der Waals surface area contributed by atoms with Crippen molar-refractivity contribution in [3.05, 3.63) is 65.7 Å². The number of carbonyl (C=O) groups is 2. The Bertz CT molecular complexity index is 747. The molecule has 6 heteroatoms. The van der Waals surface area contributed by atoms with Crippen LogP contribution in [0.25, 0.3) is 0 Å². The zero-order valence-electron chi connectivity index (χ0n) is 12.9. The number of anilines is 1. The van der Waals surface area contributed by atoms with Crippen LogP contribution in [0, 0.1) is 11.8 Å². The zero-order chi connectivity index (χ0) is 17.2. The van der Waals surface area contributed by atoms with Gasteiger partial charge < -0.3 is 21.1 Å². The maximum Gasteiger partial charge on any atom is 0.408 e. The van der Waals surface area contributed by atoms with Crippen LogP contribution in [0.15, 0.2) is 54.6 Å². The molecule has 0 heterocycles. The number of nitrogens with one attached hydrogen (secondary N) is 2. The molecule has 2 aromatic rings. The molecule has 2 aromatic carbocycles. The minimum absolute atomic E-state index is 0.176. The summed E-state index contributed by atoms with van der Waals surface area (Å²) in [6, 6.07) is 15.7. The molecule has 0 aliphatic rings. The Morgan fingerprint density at radius 1 is 1.04 bits per heavy atom. The van der Waals surface area contributed by atoms with Crippen LogP contribution >= 0.6 is 0 Å². The van der Waals surface area contributed by atoms with Gasteiger partial charge in [0.2, 0.25) is 0 Å². The van der Waals surface area contributed by atoms with Crippen molar-refractivity contribution < 1.29 is 14.3 Å². The predicted octanol–water partition coefficient (Wildman–Crippen LogP) is 2.46. The lowest BCUT2D eigenvalue weighted by Gasteiger charge is -2.04. The number of nitrogens with two attached hydrogens (primary N) is 1. The van der Waals surface area contributed by atoms with Crippen LogP contribution in [0.2, 0.25) is 0 Å². The predicted molar refractivity (Wildman–Crippen MR) is 91.2 cm³/mol. The summed E-state index contributed by atoms with van der Waals surface area (Å²) in [5.41, 5.74) is 7.29. The summed E-state index contributed by atoms with van der Waals surface area (Å²) in [5.74, 6) is 5.71. The van der Waals surface area contributed by atoms with Gasteiger partial charge in [-0.3, -0.25) is 0 Å². The summed E-state index contributed by atoms with van der Waals surface area (Å²) in [5, 5.41) is 5.01. The number of benzene rings is 2. The van der Waals surface area contributed by atoms with Crippen LogP contribution in [-0.4, -0.2) is 18.7 Å². The van der Waals surface area contributed by atoms with E-state index in [2.05, 4.69) is 22.5 Å². The highest BCUT2D eigenvalue weighted by Gasteiger charge is 2.00. The summed E-state index contributed by atoms with van der Waals surface area (Å²) in [4.78, 5) is 22.2. The molecule has 2 rings (SSSR count). The monoisotopic (exact) mass is 323 g/mol. The Labute approximate surface area is 140 Å². The standard InChI is InChI=1S/C18H17N3O3/c19-17(22)21-16-10-8-14(9-11-16)7-4-12-20-18(23)24-13-15-5-2-1-3-6-15/h1-3,5-6,8-11H,12-13H2,(H,20,23)(H3,19,21,22). The van der Waals surface area contributed by atoms with E-state index in [1.54, 1.807) is 24.3 Å². The lowest BCUT2D eigenvalue weighted by atomic mass is 10.2. The largest absolute Gasteiger partial charge is 0.445 e. The minimum atomic E-state index is -0.618. The fourth-order valence-corrected chi connectivity index (χ4v) is 1.82. The van der Waals surface area contributed by atoms with Crippen molar-refractivity contribution in [3.8, 4) is 11.8 Å². The summed E-state index contributed by atoms with van der Waals surface area (Å²) in [7, 11) is 0. The van der Waals surface area contributed by atoms with Gasteiger partial charge >= 0.3 is 12.1 Å². The molecular weight excluding hydrogens is 306 g/mol. The molecule has 0 aliphatic carbocycles. The van der Waals surface area contributed by atoms with Crippen molar-refractivity contribution in [2.45, 2.75) is 6.61 Å². The van der Waals surface area contributed by atoms with Gasteiger partial charge in [0.05, 0.1) is 6.54 Å². The Morgan fingerprint density at radius 3 is 2.42 bits per heavy atom. The Morgan fingerprint density at radius 2 is 1.75 bits per heavy atom. The number of hydrogen-bond donors (Lipinski definition) is 3. The van der Waals surface area contributed by atoms with E-state index in [0.717, 1.165) is 11.1 Å². The number of alkyl carbamates (subject to hydrolysis) is 1. The van der Waals surface area contributed by atoms with Crippen molar-refractivity contribution >= 4 is 17.8 Å². The van der Waals surface area contributed by atoms with E-state index < -0.39 is 12.1 Å². The Kier molecular flexibility index (Phi) is 6.24. The first-order valence-corrected chi connectivity index (χ1v) is 7.23. The Balaban J connectivity index is 1.73. The van der Waals surface area contributed by atoms with Crippen LogP contribution in [0.1, 0.15) is 11.1 Å². The molecule has 0 saturated heterocycles. The van der Waals surface area contributed by atoms with Crippen LogP contribution in [0.5, 0.6) is 0 Å². The van der Waals surface area contributed by atoms with Crippen molar-refractivity contribution in [1.82, 2.24) is 5.32 Å². The van der Waals surface area contributed by atoms with Crippen molar-refractivity contribution in [3.63, 3.8) is 0 Å². The third-order valence-corrected chi connectivity index (χ3v) is 2.92. The van der Waals surface area contributed by atoms with Gasteiger partial charge in [-0.15, -0.1) is 0 Å². The third-order valence-electron chi connectivity index (χ3n) is 2.92. The second-order valence-corrected chi connectivity index (χ2v) is 4.78. The topological polar surface area (TPSA) is 93.5 Å². The minimum Gasteiger partial charge on any atom is -0.445 e. The van der Waals surface area contributed by atoms with Crippen molar-refractivity contribution in [2.75, 3.05) is 11.9 Å². The van der Waals surface area contributed by atoms with Crippen molar-refractivity contribution in [2.24, 2.45) is 5.73 Å². The van der Waals surface area contributed by atoms with E-state index >= 15 is 0 Å². The van der Waals surface area contributed by atoms with Gasteiger partial charge in [-0.2, -0.15) is 0 Å². The summed E-state index contributed by atoms with van der Waals surface area (Å²) in [6.07, 6.45) is -0.519. The lowest BCUT2D eigenvalue weighted by Crippen LogP contribution is -2.24. The smallest absolute Gasteiger partial charge is 0.408 e. The molecular formula is C18H17N3O3. The quantitative estimate of drug-likeness (QED) is 0.754. The molecule has 0 spiro atoms. The first kappa shape index (κ1) is 16.9. The van der Waals surface area contributed by atoms with Crippen LogP contribution in [0.3, 0.4) is 0 Å². The van der Waals surface area contributed by atoms with Gasteiger partial charge in [-0.05, 0) is 29.8 Å². The maximum absolute atomic E-state index is 11.5. The van der Waals surface area contributed by atoms with E-state index in [1.165, 1.54) is 0 Å². The van der Waals surface area contributed by atoms with Gasteiger partial charge in [0.1, 0.15) is 6.61 Å². The average molecular weight is 323 g/mol. The number of amides is 3.